The molecule has 2 heterocycles. The number of thiazole rings is 1. The van der Waals surface area contributed by atoms with Gasteiger partial charge in [0.2, 0.25) is 0 Å². The minimum absolute atomic E-state index is 0.0579. The zero-order valence-electron chi connectivity index (χ0n) is 15.1. The highest BCUT2D eigenvalue weighted by atomic mass is 32.1. The van der Waals surface area contributed by atoms with E-state index in [-0.39, 0.29) is 11.0 Å². The standard InChI is InChI=1S/C21H19NO4S/c1-12-4-3-5-13(2)19(12)17-8-6-14-10-15(7-9-16(14)26-17)25-21-22-11-18(27-21)20(23)24/h3-5,7,9-11,17H,6,8H2,1-2H3,(H,23,24). The highest BCUT2D eigenvalue weighted by Gasteiger charge is 2.24. The van der Waals surface area contributed by atoms with Crippen molar-refractivity contribution in [1.82, 2.24) is 4.98 Å². The molecule has 6 heteroatoms. The van der Waals surface area contributed by atoms with E-state index in [9.17, 15) is 4.79 Å². The lowest BCUT2D eigenvalue weighted by Crippen LogP contribution is -2.17. The smallest absolute Gasteiger partial charge is 0.347 e. The van der Waals surface area contributed by atoms with Gasteiger partial charge in [-0.1, -0.05) is 29.5 Å². The minimum atomic E-state index is -1.00. The quantitative estimate of drug-likeness (QED) is 0.663. The van der Waals surface area contributed by atoms with Crippen LogP contribution in [0.4, 0.5) is 0 Å². The summed E-state index contributed by atoms with van der Waals surface area (Å²) in [7, 11) is 0. The molecule has 0 aliphatic carbocycles. The van der Waals surface area contributed by atoms with Crippen molar-refractivity contribution in [1.29, 1.82) is 0 Å². The van der Waals surface area contributed by atoms with E-state index in [4.69, 9.17) is 14.6 Å². The van der Waals surface area contributed by atoms with Gasteiger partial charge in [0.05, 0.1) is 6.20 Å². The number of aryl methyl sites for hydroxylation is 3. The highest BCUT2D eigenvalue weighted by Crippen LogP contribution is 2.39. The second-order valence-electron chi connectivity index (χ2n) is 6.62. The normalized spacial score (nSPS) is 15.7. The van der Waals surface area contributed by atoms with E-state index in [1.165, 1.54) is 22.9 Å². The molecule has 1 aromatic heterocycles. The van der Waals surface area contributed by atoms with Crippen molar-refractivity contribution >= 4 is 17.3 Å². The summed E-state index contributed by atoms with van der Waals surface area (Å²) in [5, 5.41) is 9.30. The molecule has 1 aliphatic heterocycles. The highest BCUT2D eigenvalue weighted by molar-refractivity contribution is 7.15. The summed E-state index contributed by atoms with van der Waals surface area (Å²) in [6.07, 6.45) is 3.16. The van der Waals surface area contributed by atoms with Crippen molar-refractivity contribution in [3.05, 3.63) is 69.7 Å². The van der Waals surface area contributed by atoms with Gasteiger partial charge in [-0.05, 0) is 67.1 Å². The molecule has 0 bridgehead atoms. The van der Waals surface area contributed by atoms with Crippen LogP contribution >= 0.6 is 11.3 Å². The fourth-order valence-corrected chi connectivity index (χ4v) is 4.10. The second kappa shape index (κ2) is 7.04. The first-order chi connectivity index (χ1) is 13.0. The number of fused-ring (bicyclic) bond motifs is 1. The van der Waals surface area contributed by atoms with Crippen LogP contribution in [0, 0.1) is 13.8 Å². The van der Waals surface area contributed by atoms with Crippen LogP contribution in [-0.4, -0.2) is 16.1 Å². The molecule has 1 atom stereocenters. The van der Waals surface area contributed by atoms with E-state index in [2.05, 4.69) is 37.0 Å². The monoisotopic (exact) mass is 381 g/mol. The van der Waals surface area contributed by atoms with E-state index in [1.807, 2.05) is 18.2 Å². The summed E-state index contributed by atoms with van der Waals surface area (Å²) >= 11 is 1.01. The Morgan fingerprint density at radius 2 is 2.04 bits per heavy atom. The molecule has 0 spiro atoms. The van der Waals surface area contributed by atoms with Gasteiger partial charge in [0.15, 0.2) is 0 Å². The first-order valence-corrected chi connectivity index (χ1v) is 9.55. The molecule has 1 unspecified atom stereocenters. The summed E-state index contributed by atoms with van der Waals surface area (Å²) in [5.41, 5.74) is 4.86. The van der Waals surface area contributed by atoms with Crippen molar-refractivity contribution < 1.29 is 19.4 Å². The molecule has 1 aliphatic rings. The van der Waals surface area contributed by atoms with Gasteiger partial charge in [0.25, 0.3) is 5.19 Å². The average molecular weight is 381 g/mol. The van der Waals surface area contributed by atoms with Gasteiger partial charge in [0, 0.05) is 0 Å². The Balaban J connectivity index is 1.53. The number of carboxylic acid groups (broad SMARTS) is 1. The molecule has 2 aromatic carbocycles. The summed E-state index contributed by atoms with van der Waals surface area (Å²) in [6.45, 7) is 4.25. The predicted molar refractivity (Wildman–Crippen MR) is 103 cm³/mol. The molecule has 1 N–H and O–H groups in total. The molecule has 3 aromatic rings. The topological polar surface area (TPSA) is 68.7 Å². The number of ether oxygens (including phenoxy) is 2. The average Bonchev–Trinajstić information content (AvgIpc) is 3.10. The van der Waals surface area contributed by atoms with Crippen LogP contribution < -0.4 is 9.47 Å². The maximum atomic E-state index is 11.0. The lowest BCUT2D eigenvalue weighted by atomic mass is 9.92. The Hall–Kier alpha value is -2.86. The van der Waals surface area contributed by atoms with E-state index >= 15 is 0 Å². The largest absolute Gasteiger partial charge is 0.485 e. The van der Waals surface area contributed by atoms with Gasteiger partial charge < -0.3 is 14.6 Å². The molecule has 4 rings (SSSR count). The van der Waals surface area contributed by atoms with Crippen LogP contribution in [0.25, 0.3) is 0 Å². The number of nitrogens with zero attached hydrogens (tertiary/aromatic N) is 1. The number of hydrogen-bond acceptors (Lipinski definition) is 5. The Bertz CT molecular complexity index is 991. The lowest BCUT2D eigenvalue weighted by molar-refractivity contribution is 0.0702. The Morgan fingerprint density at radius 1 is 1.26 bits per heavy atom. The lowest BCUT2D eigenvalue weighted by Gasteiger charge is -2.28. The van der Waals surface area contributed by atoms with E-state index in [1.54, 1.807) is 0 Å². The van der Waals surface area contributed by atoms with Crippen molar-refractivity contribution in [2.24, 2.45) is 0 Å². The number of aromatic carboxylic acids is 1. The van der Waals surface area contributed by atoms with Crippen LogP contribution in [0.5, 0.6) is 16.7 Å². The minimum Gasteiger partial charge on any atom is -0.485 e. The van der Waals surface area contributed by atoms with Gasteiger partial charge in [-0.25, -0.2) is 9.78 Å². The number of hydrogen-bond donors (Lipinski definition) is 1. The number of aromatic nitrogens is 1. The van der Waals surface area contributed by atoms with Crippen molar-refractivity contribution in [2.75, 3.05) is 0 Å². The van der Waals surface area contributed by atoms with Gasteiger partial charge in [-0.15, -0.1) is 0 Å². The van der Waals surface area contributed by atoms with Gasteiger partial charge in [-0.2, -0.15) is 0 Å². The molecule has 27 heavy (non-hydrogen) atoms. The van der Waals surface area contributed by atoms with Crippen molar-refractivity contribution in [2.45, 2.75) is 32.8 Å². The first kappa shape index (κ1) is 17.5. The molecular formula is C21H19NO4S. The van der Waals surface area contributed by atoms with Crippen LogP contribution in [0.3, 0.4) is 0 Å². The third-order valence-corrected chi connectivity index (χ3v) is 5.60. The van der Waals surface area contributed by atoms with E-state index in [0.717, 1.165) is 35.5 Å². The predicted octanol–water partition coefficient (Wildman–Crippen LogP) is 5.32. The van der Waals surface area contributed by atoms with Gasteiger partial charge in [0.1, 0.15) is 22.5 Å². The van der Waals surface area contributed by atoms with Gasteiger partial charge in [-0.3, -0.25) is 0 Å². The Labute approximate surface area is 161 Å². The Morgan fingerprint density at radius 3 is 2.74 bits per heavy atom. The van der Waals surface area contributed by atoms with Crippen LogP contribution in [0.1, 0.15) is 44.5 Å². The number of carboxylic acids is 1. The summed E-state index contributed by atoms with van der Waals surface area (Å²) in [6, 6.07) is 12.0. The van der Waals surface area contributed by atoms with Crippen molar-refractivity contribution in [3.63, 3.8) is 0 Å². The maximum Gasteiger partial charge on any atom is 0.347 e. The summed E-state index contributed by atoms with van der Waals surface area (Å²) < 4.78 is 12.0. The molecule has 5 nitrogen and oxygen atoms in total. The number of rotatable bonds is 4. The SMILES string of the molecule is Cc1cccc(C)c1C1CCc2cc(Oc3ncc(C(=O)O)s3)ccc2O1. The zero-order chi connectivity index (χ0) is 19.0. The van der Waals surface area contributed by atoms with Crippen LogP contribution in [-0.2, 0) is 6.42 Å². The zero-order valence-corrected chi connectivity index (χ0v) is 15.9. The molecule has 138 valence electrons. The fraction of sp³-hybridized carbons (Fsp3) is 0.238. The van der Waals surface area contributed by atoms with E-state index in [0.29, 0.717) is 10.9 Å². The third-order valence-electron chi connectivity index (χ3n) is 4.74. The van der Waals surface area contributed by atoms with Crippen molar-refractivity contribution in [3.8, 4) is 16.7 Å². The molecule has 0 fully saturated rings. The first-order valence-electron chi connectivity index (χ1n) is 8.74. The fourth-order valence-electron chi connectivity index (χ4n) is 3.47. The van der Waals surface area contributed by atoms with Crippen LogP contribution in [0.2, 0.25) is 0 Å². The van der Waals surface area contributed by atoms with E-state index < -0.39 is 5.97 Å². The number of benzene rings is 2. The summed E-state index contributed by atoms with van der Waals surface area (Å²) in [5.74, 6) is 0.500. The molecule has 0 saturated heterocycles. The molecular weight excluding hydrogens is 362 g/mol. The molecule has 0 saturated carbocycles. The van der Waals surface area contributed by atoms with Gasteiger partial charge >= 0.3 is 5.97 Å². The number of carbonyl (C=O) groups is 1. The summed E-state index contributed by atoms with van der Waals surface area (Å²) in [4.78, 5) is 15.1. The maximum absolute atomic E-state index is 11.0. The third kappa shape index (κ3) is 3.53. The Kier molecular flexibility index (Phi) is 4.58. The molecule has 0 amide bonds. The molecule has 0 radical (unpaired) electrons. The second-order valence-corrected chi connectivity index (χ2v) is 7.61. The van der Waals surface area contributed by atoms with Crippen LogP contribution in [0.15, 0.2) is 42.6 Å².